The molecular formula is C13H20ClN5O2. The average molecular weight is 314 g/mol. The molecule has 1 N–H and O–H groups in total. The van der Waals surface area contributed by atoms with Crippen LogP contribution in [0.3, 0.4) is 0 Å². The molecule has 1 unspecified atom stereocenters. The molecule has 7 nitrogen and oxygen atoms in total. The average Bonchev–Trinajstić information content (AvgIpc) is 2.46. The first-order valence-corrected chi connectivity index (χ1v) is 7.57. The van der Waals surface area contributed by atoms with Crippen molar-refractivity contribution in [1.82, 2.24) is 14.9 Å². The Bertz CT molecular complexity index is 493. The van der Waals surface area contributed by atoms with Crippen LogP contribution in [0.5, 0.6) is 0 Å². The lowest BCUT2D eigenvalue weighted by atomic mass is 10.1. The Morgan fingerprint density at radius 2 is 2.19 bits per heavy atom. The molecule has 1 aromatic rings. The van der Waals surface area contributed by atoms with Crippen molar-refractivity contribution in [1.29, 1.82) is 0 Å². The summed E-state index contributed by atoms with van der Waals surface area (Å²) < 4.78 is 0. The van der Waals surface area contributed by atoms with Crippen molar-refractivity contribution in [3.63, 3.8) is 0 Å². The van der Waals surface area contributed by atoms with Gasteiger partial charge in [0.1, 0.15) is 6.20 Å². The molecule has 0 amide bonds. The Balaban J connectivity index is 1.89. The van der Waals surface area contributed by atoms with Crippen LogP contribution < -0.4 is 5.32 Å². The number of rotatable bonds is 6. The van der Waals surface area contributed by atoms with Crippen LogP contribution in [0, 0.1) is 16.0 Å². The summed E-state index contributed by atoms with van der Waals surface area (Å²) in [4.78, 5) is 20.4. The largest absolute Gasteiger partial charge is 0.364 e. The molecule has 1 fully saturated rings. The van der Waals surface area contributed by atoms with E-state index in [9.17, 15) is 10.1 Å². The number of hydrogen-bond acceptors (Lipinski definition) is 6. The van der Waals surface area contributed by atoms with E-state index in [1.165, 1.54) is 19.3 Å². The van der Waals surface area contributed by atoms with E-state index in [2.05, 4.69) is 27.1 Å². The Labute approximate surface area is 128 Å². The van der Waals surface area contributed by atoms with Crippen LogP contribution in [0.15, 0.2) is 6.20 Å². The van der Waals surface area contributed by atoms with E-state index in [0.717, 1.165) is 25.8 Å². The second-order valence-electron chi connectivity index (χ2n) is 5.48. The van der Waals surface area contributed by atoms with Crippen LogP contribution >= 0.6 is 11.6 Å². The lowest BCUT2D eigenvalue weighted by molar-refractivity contribution is -0.384. The lowest BCUT2D eigenvalue weighted by Crippen LogP contribution is -2.35. The normalized spacial score (nSPS) is 17.4. The van der Waals surface area contributed by atoms with Crippen molar-refractivity contribution in [2.24, 2.45) is 5.92 Å². The van der Waals surface area contributed by atoms with Crippen LogP contribution in [0.1, 0.15) is 26.2 Å². The summed E-state index contributed by atoms with van der Waals surface area (Å²) in [7, 11) is 0. The van der Waals surface area contributed by atoms with E-state index in [0.29, 0.717) is 12.5 Å². The predicted octanol–water partition coefficient (Wildman–Crippen LogP) is 2.57. The highest BCUT2D eigenvalue weighted by Gasteiger charge is 2.18. The molecular weight excluding hydrogens is 294 g/mol. The minimum atomic E-state index is -0.506. The summed E-state index contributed by atoms with van der Waals surface area (Å²) in [5.41, 5.74) is -0.149. The van der Waals surface area contributed by atoms with Gasteiger partial charge in [-0.3, -0.25) is 10.1 Å². The Hall–Kier alpha value is -1.47. The molecule has 21 heavy (non-hydrogen) atoms. The highest BCUT2D eigenvalue weighted by Crippen LogP contribution is 2.22. The van der Waals surface area contributed by atoms with Gasteiger partial charge in [0.15, 0.2) is 0 Å². The molecule has 116 valence electrons. The standard InChI is InChI=1S/C13H20ClN5O2/c1-10(9-18-5-3-2-4-6-18)7-15-12-11(19(20)21)8-16-13(14)17-12/h8,10H,2-7,9H2,1H3,(H,15,16,17). The van der Waals surface area contributed by atoms with Gasteiger partial charge in [-0.2, -0.15) is 4.98 Å². The second-order valence-corrected chi connectivity index (χ2v) is 5.82. The third kappa shape index (κ3) is 4.78. The summed E-state index contributed by atoms with van der Waals surface area (Å²) >= 11 is 5.70. The van der Waals surface area contributed by atoms with Gasteiger partial charge in [-0.15, -0.1) is 0 Å². The molecule has 1 aliphatic heterocycles. The number of nitrogens with zero attached hydrogens (tertiary/aromatic N) is 4. The van der Waals surface area contributed by atoms with Gasteiger partial charge in [-0.1, -0.05) is 13.3 Å². The first kappa shape index (κ1) is 15.9. The predicted molar refractivity (Wildman–Crippen MR) is 81.6 cm³/mol. The van der Waals surface area contributed by atoms with Gasteiger partial charge in [-0.05, 0) is 43.5 Å². The number of likely N-dealkylation sites (tertiary alicyclic amines) is 1. The van der Waals surface area contributed by atoms with Crippen molar-refractivity contribution >= 4 is 23.1 Å². The topological polar surface area (TPSA) is 84.2 Å². The molecule has 2 rings (SSSR count). The van der Waals surface area contributed by atoms with Gasteiger partial charge < -0.3 is 10.2 Å². The monoisotopic (exact) mass is 313 g/mol. The number of aromatic nitrogens is 2. The van der Waals surface area contributed by atoms with Crippen LogP contribution in [-0.4, -0.2) is 46.0 Å². The van der Waals surface area contributed by atoms with Crippen molar-refractivity contribution < 1.29 is 4.92 Å². The molecule has 0 saturated carbocycles. The number of nitro groups is 1. The maximum absolute atomic E-state index is 10.9. The zero-order chi connectivity index (χ0) is 15.2. The molecule has 1 saturated heterocycles. The van der Waals surface area contributed by atoms with Crippen LogP contribution in [-0.2, 0) is 0 Å². The van der Waals surface area contributed by atoms with Gasteiger partial charge in [0.05, 0.1) is 4.92 Å². The summed E-state index contributed by atoms with van der Waals surface area (Å²) in [5.74, 6) is 0.557. The van der Waals surface area contributed by atoms with Crippen LogP contribution in [0.2, 0.25) is 5.28 Å². The quantitative estimate of drug-likeness (QED) is 0.493. The molecule has 1 aromatic heterocycles. The highest BCUT2D eigenvalue weighted by atomic mass is 35.5. The Morgan fingerprint density at radius 3 is 2.86 bits per heavy atom. The van der Waals surface area contributed by atoms with Crippen molar-refractivity contribution in [3.8, 4) is 0 Å². The SMILES string of the molecule is CC(CNc1nc(Cl)ncc1[N+](=O)[O-])CN1CCCCC1. The molecule has 1 atom stereocenters. The van der Waals surface area contributed by atoms with Crippen molar-refractivity contribution in [2.75, 3.05) is 31.5 Å². The summed E-state index contributed by atoms with van der Waals surface area (Å²) in [5, 5.41) is 14.0. The Kier molecular flexibility index (Phi) is 5.69. The van der Waals surface area contributed by atoms with Crippen LogP contribution in [0.4, 0.5) is 11.5 Å². The summed E-state index contributed by atoms with van der Waals surface area (Å²) in [6.45, 7) is 6.01. The first-order chi connectivity index (χ1) is 10.1. The van der Waals surface area contributed by atoms with Gasteiger partial charge in [-0.25, -0.2) is 4.98 Å². The maximum Gasteiger partial charge on any atom is 0.329 e. The molecule has 0 aliphatic carbocycles. The molecule has 0 radical (unpaired) electrons. The molecule has 0 bridgehead atoms. The maximum atomic E-state index is 10.9. The molecule has 8 heteroatoms. The third-order valence-corrected chi connectivity index (χ3v) is 3.76. The van der Waals surface area contributed by atoms with Crippen molar-refractivity contribution in [3.05, 3.63) is 21.6 Å². The highest BCUT2D eigenvalue weighted by molar-refractivity contribution is 6.28. The van der Waals surface area contributed by atoms with Gasteiger partial charge in [0.2, 0.25) is 11.1 Å². The summed E-state index contributed by atoms with van der Waals surface area (Å²) in [6.07, 6.45) is 4.96. The first-order valence-electron chi connectivity index (χ1n) is 7.19. The van der Waals surface area contributed by atoms with Gasteiger partial charge in [0.25, 0.3) is 0 Å². The van der Waals surface area contributed by atoms with E-state index < -0.39 is 4.92 Å². The lowest BCUT2D eigenvalue weighted by Gasteiger charge is -2.29. The number of hydrogen-bond donors (Lipinski definition) is 1. The fraction of sp³-hybridized carbons (Fsp3) is 0.692. The smallest absolute Gasteiger partial charge is 0.329 e. The molecule has 2 heterocycles. The zero-order valence-corrected chi connectivity index (χ0v) is 12.8. The van der Waals surface area contributed by atoms with Crippen molar-refractivity contribution in [2.45, 2.75) is 26.2 Å². The van der Waals surface area contributed by atoms with E-state index in [4.69, 9.17) is 11.6 Å². The Morgan fingerprint density at radius 1 is 1.48 bits per heavy atom. The molecule has 0 aromatic carbocycles. The minimum Gasteiger partial charge on any atom is -0.364 e. The number of piperidine rings is 1. The number of halogens is 1. The van der Waals surface area contributed by atoms with E-state index in [-0.39, 0.29) is 16.8 Å². The fourth-order valence-corrected chi connectivity index (χ4v) is 2.67. The number of nitrogens with one attached hydrogen (secondary N) is 1. The summed E-state index contributed by atoms with van der Waals surface area (Å²) in [6, 6.07) is 0. The van der Waals surface area contributed by atoms with E-state index >= 15 is 0 Å². The third-order valence-electron chi connectivity index (χ3n) is 3.57. The fourth-order valence-electron chi connectivity index (χ4n) is 2.54. The molecule has 1 aliphatic rings. The zero-order valence-electron chi connectivity index (χ0n) is 12.1. The van der Waals surface area contributed by atoms with Crippen LogP contribution in [0.25, 0.3) is 0 Å². The minimum absolute atomic E-state index is 0.00628. The van der Waals surface area contributed by atoms with Gasteiger partial charge in [0, 0.05) is 13.1 Å². The number of anilines is 1. The van der Waals surface area contributed by atoms with E-state index in [1.54, 1.807) is 0 Å². The van der Waals surface area contributed by atoms with Gasteiger partial charge >= 0.3 is 5.69 Å². The van der Waals surface area contributed by atoms with E-state index in [1.807, 2.05) is 0 Å². The second kappa shape index (κ2) is 7.51. The molecule has 0 spiro atoms.